The van der Waals surface area contributed by atoms with Crippen molar-refractivity contribution in [1.29, 1.82) is 0 Å². The molecule has 1 aliphatic carbocycles. The van der Waals surface area contributed by atoms with Crippen LogP contribution in [0.15, 0.2) is 29.6 Å². The number of nitrogens with zero attached hydrogens (tertiary/aromatic N) is 3. The number of likely N-dealkylation sites (N-methyl/N-ethyl adjacent to an activating group) is 1. The zero-order chi connectivity index (χ0) is 24.8. The van der Waals surface area contributed by atoms with E-state index in [1.165, 1.54) is 7.11 Å². The molecule has 2 fully saturated rings. The summed E-state index contributed by atoms with van der Waals surface area (Å²) in [5.41, 5.74) is 1.30. The van der Waals surface area contributed by atoms with E-state index in [-0.39, 0.29) is 18.4 Å². The second-order valence-electron chi connectivity index (χ2n) is 9.24. The molecule has 1 saturated heterocycles. The summed E-state index contributed by atoms with van der Waals surface area (Å²) in [6.07, 6.45) is 3.77. The SMILES string of the molecule is COC(=O)CNC(=O)C1(NC(=O)c2ccc(-c3csc(N4CCN(C)CC4)n3)cc2)CCCCC1. The van der Waals surface area contributed by atoms with Crippen LogP contribution >= 0.6 is 11.3 Å². The molecule has 0 atom stereocenters. The van der Waals surface area contributed by atoms with E-state index < -0.39 is 11.5 Å². The second kappa shape index (κ2) is 11.2. The highest BCUT2D eigenvalue weighted by Crippen LogP contribution is 2.30. The van der Waals surface area contributed by atoms with Crippen molar-refractivity contribution in [2.24, 2.45) is 0 Å². The van der Waals surface area contributed by atoms with Gasteiger partial charge in [0.25, 0.3) is 5.91 Å². The van der Waals surface area contributed by atoms with Gasteiger partial charge in [-0.3, -0.25) is 14.4 Å². The summed E-state index contributed by atoms with van der Waals surface area (Å²) >= 11 is 1.64. The van der Waals surface area contributed by atoms with Crippen LogP contribution in [0.25, 0.3) is 11.3 Å². The van der Waals surface area contributed by atoms with E-state index in [4.69, 9.17) is 4.98 Å². The summed E-state index contributed by atoms with van der Waals surface area (Å²) in [7, 11) is 3.41. The molecule has 2 aliphatic rings. The number of anilines is 1. The Morgan fingerprint density at radius 3 is 2.40 bits per heavy atom. The fraction of sp³-hybridized carbons (Fsp3) is 0.520. The van der Waals surface area contributed by atoms with Crippen LogP contribution in [-0.2, 0) is 14.3 Å². The standard InChI is InChI=1S/C25H33N5O4S/c1-29-12-14-30(15-13-29)24-27-20(17-35-24)18-6-8-19(9-7-18)22(32)28-25(10-4-3-5-11-25)23(33)26-16-21(31)34-2/h6-9,17H,3-5,10-16H2,1-2H3,(H,26,33)(H,28,32). The lowest BCUT2D eigenvalue weighted by atomic mass is 9.80. The number of amides is 2. The van der Waals surface area contributed by atoms with Crippen molar-refractivity contribution < 1.29 is 19.1 Å². The predicted molar refractivity (Wildman–Crippen MR) is 136 cm³/mol. The third-order valence-corrected chi connectivity index (χ3v) is 7.73. The van der Waals surface area contributed by atoms with Gasteiger partial charge in [0.05, 0.1) is 12.8 Å². The number of carbonyl (C=O) groups is 3. The number of methoxy groups -OCH3 is 1. The third kappa shape index (κ3) is 5.99. The maximum atomic E-state index is 13.1. The van der Waals surface area contributed by atoms with E-state index >= 15 is 0 Å². The van der Waals surface area contributed by atoms with Gasteiger partial charge in [0.2, 0.25) is 5.91 Å². The summed E-state index contributed by atoms with van der Waals surface area (Å²) < 4.78 is 4.61. The number of carbonyl (C=O) groups excluding carboxylic acids is 3. The van der Waals surface area contributed by atoms with E-state index in [9.17, 15) is 14.4 Å². The predicted octanol–water partition coefficient (Wildman–Crippen LogP) is 2.28. The fourth-order valence-electron chi connectivity index (χ4n) is 4.58. The van der Waals surface area contributed by atoms with Gasteiger partial charge in [-0.2, -0.15) is 0 Å². The summed E-state index contributed by atoms with van der Waals surface area (Å²) in [5, 5.41) is 8.66. The molecular weight excluding hydrogens is 466 g/mol. The summed E-state index contributed by atoms with van der Waals surface area (Å²) in [5.74, 6) is -1.17. The van der Waals surface area contributed by atoms with Crippen LogP contribution in [0.2, 0.25) is 0 Å². The largest absolute Gasteiger partial charge is 0.468 e. The molecule has 0 radical (unpaired) electrons. The number of piperazine rings is 1. The van der Waals surface area contributed by atoms with E-state index in [0.29, 0.717) is 18.4 Å². The first-order chi connectivity index (χ1) is 16.9. The van der Waals surface area contributed by atoms with E-state index in [0.717, 1.165) is 61.8 Å². The van der Waals surface area contributed by atoms with Crippen molar-refractivity contribution in [3.8, 4) is 11.3 Å². The molecular formula is C25H33N5O4S. The Labute approximate surface area is 209 Å². The van der Waals surface area contributed by atoms with Crippen LogP contribution in [-0.4, -0.2) is 80.1 Å². The van der Waals surface area contributed by atoms with Crippen molar-refractivity contribution in [3.05, 3.63) is 35.2 Å². The molecule has 4 rings (SSSR count). The maximum absolute atomic E-state index is 13.1. The van der Waals surface area contributed by atoms with Crippen LogP contribution in [0.1, 0.15) is 42.5 Å². The molecule has 35 heavy (non-hydrogen) atoms. The Balaban J connectivity index is 1.42. The number of benzene rings is 1. The number of hydrogen-bond donors (Lipinski definition) is 2. The molecule has 1 saturated carbocycles. The minimum atomic E-state index is -1.02. The average Bonchev–Trinajstić information content (AvgIpc) is 3.38. The van der Waals surface area contributed by atoms with E-state index in [2.05, 4.69) is 32.2 Å². The van der Waals surface area contributed by atoms with Gasteiger partial charge < -0.3 is 25.2 Å². The molecule has 10 heteroatoms. The van der Waals surface area contributed by atoms with Crippen LogP contribution in [0.4, 0.5) is 5.13 Å². The Bertz CT molecular complexity index is 1040. The van der Waals surface area contributed by atoms with E-state index in [1.807, 2.05) is 17.5 Å². The third-order valence-electron chi connectivity index (χ3n) is 6.82. The summed E-state index contributed by atoms with van der Waals surface area (Å²) in [4.78, 5) is 46.9. The minimum absolute atomic E-state index is 0.217. The molecule has 2 N–H and O–H groups in total. The second-order valence-corrected chi connectivity index (χ2v) is 10.1. The van der Waals surface area contributed by atoms with Gasteiger partial charge in [0.15, 0.2) is 5.13 Å². The number of hydrogen-bond acceptors (Lipinski definition) is 8. The Kier molecular flexibility index (Phi) is 8.02. The maximum Gasteiger partial charge on any atom is 0.325 e. The first-order valence-electron chi connectivity index (χ1n) is 12.1. The zero-order valence-electron chi connectivity index (χ0n) is 20.3. The smallest absolute Gasteiger partial charge is 0.325 e. The molecule has 2 aromatic rings. The molecule has 1 aromatic heterocycles. The first-order valence-corrected chi connectivity index (χ1v) is 13.0. The van der Waals surface area contributed by atoms with Crippen molar-refractivity contribution in [3.63, 3.8) is 0 Å². The highest BCUT2D eigenvalue weighted by molar-refractivity contribution is 7.14. The van der Waals surface area contributed by atoms with Gasteiger partial charge in [0.1, 0.15) is 12.1 Å². The molecule has 9 nitrogen and oxygen atoms in total. The fourth-order valence-corrected chi connectivity index (χ4v) is 5.47. The van der Waals surface area contributed by atoms with Crippen LogP contribution in [0.5, 0.6) is 0 Å². The van der Waals surface area contributed by atoms with Gasteiger partial charge in [-0.05, 0) is 32.0 Å². The lowest BCUT2D eigenvalue weighted by molar-refractivity contribution is -0.142. The molecule has 1 aliphatic heterocycles. The average molecular weight is 500 g/mol. The van der Waals surface area contributed by atoms with Gasteiger partial charge in [-0.1, -0.05) is 31.4 Å². The van der Waals surface area contributed by atoms with Gasteiger partial charge in [-0.25, -0.2) is 4.98 Å². The van der Waals surface area contributed by atoms with Gasteiger partial charge in [-0.15, -0.1) is 11.3 Å². The monoisotopic (exact) mass is 499 g/mol. The quantitative estimate of drug-likeness (QED) is 0.564. The van der Waals surface area contributed by atoms with Crippen molar-refractivity contribution in [2.45, 2.75) is 37.6 Å². The number of nitrogens with one attached hydrogen (secondary N) is 2. The lowest BCUT2D eigenvalue weighted by Crippen LogP contribution is -2.60. The Morgan fingerprint density at radius 2 is 1.74 bits per heavy atom. The Hall–Kier alpha value is -2.98. The van der Waals surface area contributed by atoms with Crippen molar-refractivity contribution in [2.75, 3.05) is 51.8 Å². The molecule has 0 unspecified atom stereocenters. The molecule has 2 amide bonds. The number of esters is 1. The van der Waals surface area contributed by atoms with Gasteiger partial charge >= 0.3 is 5.97 Å². The molecule has 0 bridgehead atoms. The van der Waals surface area contributed by atoms with Gasteiger partial charge in [0, 0.05) is 42.7 Å². The minimum Gasteiger partial charge on any atom is -0.468 e. The summed E-state index contributed by atoms with van der Waals surface area (Å²) in [6.45, 7) is 3.78. The zero-order valence-corrected chi connectivity index (χ0v) is 21.2. The van der Waals surface area contributed by atoms with Crippen LogP contribution < -0.4 is 15.5 Å². The first kappa shape index (κ1) is 25.1. The number of aromatic nitrogens is 1. The van der Waals surface area contributed by atoms with Crippen molar-refractivity contribution >= 4 is 34.3 Å². The highest BCUT2D eigenvalue weighted by atomic mass is 32.1. The lowest BCUT2D eigenvalue weighted by Gasteiger charge is -2.36. The van der Waals surface area contributed by atoms with Crippen LogP contribution in [0.3, 0.4) is 0 Å². The number of rotatable bonds is 7. The topological polar surface area (TPSA) is 104 Å². The van der Waals surface area contributed by atoms with E-state index in [1.54, 1.807) is 23.5 Å². The summed E-state index contributed by atoms with van der Waals surface area (Å²) in [6, 6.07) is 7.32. The molecule has 2 heterocycles. The number of thiazole rings is 1. The highest BCUT2D eigenvalue weighted by Gasteiger charge is 2.41. The molecule has 188 valence electrons. The molecule has 1 aromatic carbocycles. The van der Waals surface area contributed by atoms with Crippen LogP contribution in [0, 0.1) is 0 Å². The van der Waals surface area contributed by atoms with Crippen molar-refractivity contribution in [1.82, 2.24) is 20.5 Å². The normalized spacial score (nSPS) is 18.1. The number of ether oxygens (including phenoxy) is 1. The molecule has 0 spiro atoms. The Morgan fingerprint density at radius 1 is 1.06 bits per heavy atom.